The molecular weight excluding hydrogens is 254 g/mol. The smallest absolute Gasteiger partial charge is 0.338 e. The van der Waals surface area contributed by atoms with Crippen LogP contribution >= 0.6 is 0 Å². The van der Waals surface area contributed by atoms with Crippen LogP contribution in [0.15, 0.2) is 18.7 Å². The van der Waals surface area contributed by atoms with Gasteiger partial charge in [-0.05, 0) is 12.1 Å². The second-order valence-corrected chi connectivity index (χ2v) is 3.53. The first kappa shape index (κ1) is 14.4. The Balaban J connectivity index is 3.25. The van der Waals surface area contributed by atoms with E-state index in [1.54, 1.807) is 0 Å². The van der Waals surface area contributed by atoms with E-state index >= 15 is 0 Å². The third-order valence-corrected chi connectivity index (χ3v) is 2.39. The second kappa shape index (κ2) is 5.76. The molecule has 0 bridgehead atoms. The number of esters is 1. The maximum Gasteiger partial charge on any atom is 0.338 e. The van der Waals surface area contributed by atoms with Gasteiger partial charge in [0.25, 0.3) is 0 Å². The van der Waals surface area contributed by atoms with E-state index in [9.17, 15) is 24.9 Å². The van der Waals surface area contributed by atoms with E-state index < -0.39 is 29.1 Å². The van der Waals surface area contributed by atoms with E-state index in [4.69, 9.17) is 0 Å². The van der Waals surface area contributed by atoms with Crippen molar-refractivity contribution in [2.45, 2.75) is 6.54 Å². The maximum absolute atomic E-state index is 11.5. The van der Waals surface area contributed by atoms with Gasteiger partial charge in [0.05, 0.1) is 12.7 Å². The molecule has 0 aliphatic heterocycles. The van der Waals surface area contributed by atoms with E-state index in [-0.39, 0.29) is 17.7 Å². The van der Waals surface area contributed by atoms with Crippen molar-refractivity contribution in [2.24, 2.45) is 0 Å². The fourth-order valence-electron chi connectivity index (χ4n) is 1.40. The molecule has 0 spiro atoms. The average molecular weight is 267 g/mol. The summed E-state index contributed by atoms with van der Waals surface area (Å²) in [5, 5.41) is 30.8. The molecule has 7 heteroatoms. The summed E-state index contributed by atoms with van der Waals surface area (Å²) in [5.41, 5.74) is -0.239. The molecule has 0 fully saturated rings. The van der Waals surface area contributed by atoms with Crippen molar-refractivity contribution in [3.63, 3.8) is 0 Å². The van der Waals surface area contributed by atoms with Crippen LogP contribution < -0.4 is 5.32 Å². The molecule has 0 unspecified atom stereocenters. The van der Waals surface area contributed by atoms with Gasteiger partial charge in [-0.1, -0.05) is 6.58 Å². The summed E-state index contributed by atoms with van der Waals surface area (Å²) in [5.74, 6) is -3.51. The van der Waals surface area contributed by atoms with Gasteiger partial charge in [0, 0.05) is 12.1 Å². The Kier molecular flexibility index (Phi) is 4.36. The highest BCUT2D eigenvalue weighted by Gasteiger charge is 2.22. The molecule has 1 aromatic carbocycles. The molecule has 0 radical (unpaired) electrons. The Bertz CT molecular complexity index is 538. The molecule has 0 aliphatic rings. The number of benzene rings is 1. The number of amides is 1. The lowest BCUT2D eigenvalue weighted by Gasteiger charge is -2.12. The molecule has 0 aliphatic carbocycles. The van der Waals surface area contributed by atoms with Crippen LogP contribution in [-0.2, 0) is 16.1 Å². The number of phenols is 3. The van der Waals surface area contributed by atoms with Crippen LogP contribution in [0.1, 0.15) is 15.9 Å². The first-order chi connectivity index (χ1) is 8.92. The van der Waals surface area contributed by atoms with Crippen molar-refractivity contribution in [3.05, 3.63) is 29.8 Å². The fraction of sp³-hybridized carbons (Fsp3) is 0.167. The standard InChI is InChI=1S/C12H13NO6/c1-3-9(15)13-5-7-6(12(18)19-2)4-8(14)11(17)10(7)16/h3-4,14,16-17H,1,5H2,2H3,(H,13,15). The number of hydrogen-bond acceptors (Lipinski definition) is 6. The van der Waals surface area contributed by atoms with E-state index in [0.29, 0.717) is 0 Å². The first-order valence-corrected chi connectivity index (χ1v) is 5.17. The molecule has 19 heavy (non-hydrogen) atoms. The predicted molar refractivity (Wildman–Crippen MR) is 64.8 cm³/mol. The Morgan fingerprint density at radius 1 is 1.37 bits per heavy atom. The normalized spacial score (nSPS) is 9.74. The zero-order valence-corrected chi connectivity index (χ0v) is 10.1. The number of phenolic OH excluding ortho intramolecular Hbond substituents is 3. The zero-order chi connectivity index (χ0) is 14.6. The summed E-state index contributed by atoms with van der Waals surface area (Å²) in [6, 6.07) is 0.941. The van der Waals surface area contributed by atoms with Gasteiger partial charge < -0.3 is 25.4 Å². The molecule has 1 rings (SSSR count). The highest BCUT2D eigenvalue weighted by molar-refractivity contribution is 5.93. The van der Waals surface area contributed by atoms with Crippen LogP contribution in [0, 0.1) is 0 Å². The monoisotopic (exact) mass is 267 g/mol. The number of carbonyl (C=O) groups excluding carboxylic acids is 2. The number of nitrogens with one attached hydrogen (secondary N) is 1. The quantitative estimate of drug-likeness (QED) is 0.356. The van der Waals surface area contributed by atoms with E-state index in [0.717, 1.165) is 19.3 Å². The maximum atomic E-state index is 11.5. The Morgan fingerprint density at radius 2 is 2.00 bits per heavy atom. The van der Waals surface area contributed by atoms with Crippen molar-refractivity contribution in [3.8, 4) is 17.2 Å². The highest BCUT2D eigenvalue weighted by Crippen LogP contribution is 2.39. The number of carbonyl (C=O) groups is 2. The molecule has 0 aromatic heterocycles. The Morgan fingerprint density at radius 3 is 2.53 bits per heavy atom. The summed E-state index contributed by atoms with van der Waals surface area (Å²) in [6.45, 7) is 3.00. The molecule has 1 amide bonds. The fourth-order valence-corrected chi connectivity index (χ4v) is 1.40. The molecule has 4 N–H and O–H groups in total. The van der Waals surface area contributed by atoms with Gasteiger partial charge in [-0.15, -0.1) is 0 Å². The van der Waals surface area contributed by atoms with Crippen molar-refractivity contribution in [1.29, 1.82) is 0 Å². The molecule has 0 saturated heterocycles. The number of ether oxygens (including phenoxy) is 1. The molecular formula is C12H13NO6. The van der Waals surface area contributed by atoms with Crippen LogP contribution in [0.5, 0.6) is 17.2 Å². The van der Waals surface area contributed by atoms with Gasteiger partial charge >= 0.3 is 5.97 Å². The third-order valence-electron chi connectivity index (χ3n) is 2.39. The van der Waals surface area contributed by atoms with Crippen LogP contribution in [0.2, 0.25) is 0 Å². The lowest BCUT2D eigenvalue weighted by atomic mass is 10.0. The summed E-state index contributed by atoms with van der Waals surface area (Å²) in [6.07, 6.45) is 1.01. The van der Waals surface area contributed by atoms with Crippen molar-refractivity contribution in [2.75, 3.05) is 7.11 Å². The third kappa shape index (κ3) is 2.95. The second-order valence-electron chi connectivity index (χ2n) is 3.53. The van der Waals surface area contributed by atoms with Crippen molar-refractivity contribution >= 4 is 11.9 Å². The largest absolute Gasteiger partial charge is 0.504 e. The zero-order valence-electron chi connectivity index (χ0n) is 10.1. The summed E-state index contributed by atoms with van der Waals surface area (Å²) in [4.78, 5) is 22.6. The number of rotatable bonds is 4. The van der Waals surface area contributed by atoms with Crippen LogP contribution in [-0.4, -0.2) is 34.3 Å². The van der Waals surface area contributed by atoms with Crippen LogP contribution in [0.3, 0.4) is 0 Å². The van der Waals surface area contributed by atoms with Gasteiger partial charge in [-0.25, -0.2) is 4.79 Å². The molecule has 1 aromatic rings. The molecule has 102 valence electrons. The lowest BCUT2D eigenvalue weighted by molar-refractivity contribution is -0.116. The molecule has 0 saturated carbocycles. The molecule has 0 heterocycles. The van der Waals surface area contributed by atoms with Crippen LogP contribution in [0.25, 0.3) is 0 Å². The van der Waals surface area contributed by atoms with E-state index in [2.05, 4.69) is 16.6 Å². The van der Waals surface area contributed by atoms with Gasteiger partial charge in [0.2, 0.25) is 11.7 Å². The van der Waals surface area contributed by atoms with Gasteiger partial charge in [0.1, 0.15) is 0 Å². The Hall–Kier alpha value is -2.70. The van der Waals surface area contributed by atoms with Crippen LogP contribution in [0.4, 0.5) is 0 Å². The highest BCUT2D eigenvalue weighted by atomic mass is 16.5. The lowest BCUT2D eigenvalue weighted by Crippen LogP contribution is -2.22. The van der Waals surface area contributed by atoms with Crippen molar-refractivity contribution < 1.29 is 29.6 Å². The minimum Gasteiger partial charge on any atom is -0.504 e. The van der Waals surface area contributed by atoms with E-state index in [1.807, 2.05) is 0 Å². The molecule has 0 atom stereocenters. The van der Waals surface area contributed by atoms with E-state index in [1.165, 1.54) is 0 Å². The molecule has 7 nitrogen and oxygen atoms in total. The average Bonchev–Trinajstić information content (AvgIpc) is 2.42. The summed E-state index contributed by atoms with van der Waals surface area (Å²) in [7, 11) is 1.12. The summed E-state index contributed by atoms with van der Waals surface area (Å²) >= 11 is 0. The van der Waals surface area contributed by atoms with Crippen molar-refractivity contribution in [1.82, 2.24) is 5.32 Å². The Labute approximate surface area is 108 Å². The minimum absolute atomic E-state index is 0.0719. The number of aromatic hydroxyl groups is 3. The SMILES string of the molecule is C=CC(=O)NCc1c(C(=O)OC)cc(O)c(O)c1O. The minimum atomic E-state index is -0.826. The summed E-state index contributed by atoms with van der Waals surface area (Å²) < 4.78 is 4.48. The predicted octanol–water partition coefficient (Wildman–Crippen LogP) is 0.392. The van der Waals surface area contributed by atoms with Gasteiger partial charge in [0.15, 0.2) is 11.5 Å². The van der Waals surface area contributed by atoms with Gasteiger partial charge in [-0.3, -0.25) is 4.79 Å². The number of methoxy groups -OCH3 is 1. The first-order valence-electron chi connectivity index (χ1n) is 5.17. The number of hydrogen-bond donors (Lipinski definition) is 4. The van der Waals surface area contributed by atoms with Gasteiger partial charge in [-0.2, -0.15) is 0 Å². The topological polar surface area (TPSA) is 116 Å².